The summed E-state index contributed by atoms with van der Waals surface area (Å²) in [4.78, 5) is 14.4. The average Bonchev–Trinajstić information content (AvgIpc) is 3.87. The predicted octanol–water partition coefficient (Wildman–Crippen LogP) is 11.3. The van der Waals surface area contributed by atoms with Crippen molar-refractivity contribution in [2.24, 2.45) is 10.9 Å². The van der Waals surface area contributed by atoms with Crippen molar-refractivity contribution in [1.29, 1.82) is 0 Å². The molecule has 56 heavy (non-hydrogen) atoms. The van der Waals surface area contributed by atoms with Crippen LogP contribution in [-0.2, 0) is 46.7 Å². The summed E-state index contributed by atoms with van der Waals surface area (Å²) in [7, 11) is 0. The van der Waals surface area contributed by atoms with E-state index in [2.05, 4.69) is 146 Å². The topological polar surface area (TPSA) is 58.9 Å². The van der Waals surface area contributed by atoms with Crippen molar-refractivity contribution in [2.45, 2.75) is 32.2 Å². The van der Waals surface area contributed by atoms with E-state index in [0.717, 1.165) is 11.5 Å². The number of benzene rings is 4. The molecule has 0 spiro atoms. The van der Waals surface area contributed by atoms with Gasteiger partial charge in [-0.2, -0.15) is 44.6 Å². The standard InChI is InChI=1S/C28H20.C11H13NO.C5H2F6O2.Co.Pd/c1-5-13-21(14-6-1)25-26(22-15-7-2-8-16-22)28(24-19-11-4-12-20-24)27(25)23-17-9-3-10-18-23;1-8(2)10-7-13-11(12-10)9-5-3-4-6-9;6-4(7,8)2(12)1-3(13)5(9,10)11;;/h1-20H;3-5,8,10H,7H2,1-2H3;1,12H;;/q;-1;;;/b;;2-1-;;/t;10-;;;/m.1.../s1. The molecule has 1 atom stereocenters. The summed E-state index contributed by atoms with van der Waals surface area (Å²) in [5.74, 6) is -4.03. The molecule has 1 N–H and O–H groups in total. The molecule has 0 amide bonds. The van der Waals surface area contributed by atoms with E-state index in [1.54, 1.807) is 0 Å². The summed E-state index contributed by atoms with van der Waals surface area (Å²) in [6, 6.07) is 43.3. The van der Waals surface area contributed by atoms with Gasteiger partial charge in [0.1, 0.15) is 5.90 Å². The van der Waals surface area contributed by atoms with Crippen molar-refractivity contribution >= 4 is 34.0 Å². The summed E-state index contributed by atoms with van der Waals surface area (Å²) in [5.41, 5.74) is 11.4. The van der Waals surface area contributed by atoms with E-state index in [4.69, 9.17) is 9.84 Å². The van der Waals surface area contributed by atoms with E-state index in [9.17, 15) is 31.1 Å². The first-order valence-electron chi connectivity index (χ1n) is 16.9. The summed E-state index contributed by atoms with van der Waals surface area (Å²) < 4.78 is 73.5. The van der Waals surface area contributed by atoms with Crippen molar-refractivity contribution < 1.29 is 78.2 Å². The quantitative estimate of drug-likeness (QED) is 0.0661. The van der Waals surface area contributed by atoms with Gasteiger partial charge < -0.3 is 14.8 Å². The van der Waals surface area contributed by atoms with E-state index in [0.29, 0.717) is 18.6 Å². The molecule has 4 aromatic carbocycles. The van der Waals surface area contributed by atoms with Crippen LogP contribution in [0.5, 0.6) is 0 Å². The maximum atomic E-state index is 11.4. The molecule has 1 heterocycles. The average molecular weight is 905 g/mol. The van der Waals surface area contributed by atoms with Crippen LogP contribution in [0.3, 0.4) is 0 Å². The van der Waals surface area contributed by atoms with Gasteiger partial charge in [-0.25, -0.2) is 0 Å². The van der Waals surface area contributed by atoms with Crippen LogP contribution in [-0.4, -0.2) is 41.8 Å². The summed E-state index contributed by atoms with van der Waals surface area (Å²) in [5, 5.41) is 7.93. The number of ketones is 1. The first kappa shape index (κ1) is 45.7. The van der Waals surface area contributed by atoms with E-state index in [1.807, 2.05) is 18.6 Å². The Morgan fingerprint density at radius 2 is 1.09 bits per heavy atom. The largest absolute Gasteiger partial charge is 0.531 e. The molecule has 2 aliphatic carbocycles. The third-order valence-corrected chi connectivity index (χ3v) is 8.36. The van der Waals surface area contributed by atoms with Gasteiger partial charge in [0.2, 0.25) is 5.76 Å². The molecule has 0 bridgehead atoms. The zero-order valence-corrected chi connectivity index (χ0v) is 32.4. The van der Waals surface area contributed by atoms with E-state index < -0.39 is 30.0 Å². The van der Waals surface area contributed by atoms with Crippen LogP contribution < -0.4 is 0 Å². The van der Waals surface area contributed by atoms with Crippen LogP contribution in [0, 0.1) is 18.4 Å². The molecule has 1 aliphatic heterocycles. The second-order valence-corrected chi connectivity index (χ2v) is 12.5. The molecular formula is C44H35CoF6NO3Pd-. The third-order valence-electron chi connectivity index (χ3n) is 8.36. The Bertz CT molecular complexity index is 1900. The minimum Gasteiger partial charge on any atom is -0.531 e. The zero-order chi connectivity index (χ0) is 38.9. The molecule has 296 valence electrons. The van der Waals surface area contributed by atoms with E-state index in [-0.39, 0.29) is 37.2 Å². The number of hydrogen-bond acceptors (Lipinski definition) is 4. The number of aliphatic hydroxyl groups excluding tert-OH is 1. The monoisotopic (exact) mass is 904 g/mol. The molecular weight excluding hydrogens is 870 g/mol. The number of carbonyl (C=O) groups excluding carboxylic acids is 1. The van der Waals surface area contributed by atoms with Gasteiger partial charge in [0.05, 0.1) is 12.6 Å². The minimum absolute atomic E-state index is 0. The molecule has 3 aliphatic rings. The SMILES string of the molecule is CC(C)[C@H]1COC(C2=[C-]C=C[CH]2)=N1.O=C(/C=C(\O)C(F)(F)F)C(F)(F)F.[Co].[Pd].c1ccc(C2=C(c3ccccc3)C(c3ccccc3)=C2c2ccccc2)cc1. The third kappa shape index (κ3) is 11.6. The summed E-state index contributed by atoms with van der Waals surface area (Å²) in [6.07, 6.45) is -2.80. The van der Waals surface area contributed by atoms with Gasteiger partial charge in [-0.3, -0.25) is 4.79 Å². The molecule has 0 saturated carbocycles. The smallest absolute Gasteiger partial charge is 0.454 e. The van der Waals surface area contributed by atoms with Crippen LogP contribution in [0.1, 0.15) is 36.1 Å². The molecule has 4 nitrogen and oxygen atoms in total. The molecule has 0 fully saturated rings. The molecule has 0 unspecified atom stereocenters. The van der Waals surface area contributed by atoms with Crippen LogP contribution in [0.15, 0.2) is 156 Å². The van der Waals surface area contributed by atoms with Gasteiger partial charge in [0.25, 0.3) is 5.78 Å². The van der Waals surface area contributed by atoms with Gasteiger partial charge >= 0.3 is 12.4 Å². The minimum atomic E-state index is -5.42. The first-order chi connectivity index (χ1) is 25.8. The number of nitrogens with zero attached hydrogens (tertiary/aromatic N) is 1. The Balaban J connectivity index is 0.000000253. The maximum Gasteiger partial charge on any atom is 0.454 e. The Morgan fingerprint density at radius 1 is 0.714 bits per heavy atom. The van der Waals surface area contributed by atoms with Crippen LogP contribution in [0.25, 0.3) is 22.3 Å². The van der Waals surface area contributed by atoms with Gasteiger partial charge in [0, 0.05) is 43.3 Å². The van der Waals surface area contributed by atoms with Gasteiger partial charge in [-0.05, 0) is 50.5 Å². The van der Waals surface area contributed by atoms with Crippen molar-refractivity contribution in [3.05, 3.63) is 186 Å². The predicted molar refractivity (Wildman–Crippen MR) is 199 cm³/mol. The number of halogens is 6. The number of allylic oxidation sites excluding steroid dienone is 9. The number of rotatable bonds is 7. The fourth-order valence-electron chi connectivity index (χ4n) is 5.64. The molecule has 7 rings (SSSR count). The van der Waals surface area contributed by atoms with Crippen molar-refractivity contribution in [3.8, 4) is 0 Å². The number of hydrogen-bond donors (Lipinski definition) is 1. The van der Waals surface area contributed by atoms with Crippen LogP contribution in [0.2, 0.25) is 0 Å². The zero-order valence-electron chi connectivity index (χ0n) is 29.8. The maximum absolute atomic E-state index is 11.4. The van der Waals surface area contributed by atoms with E-state index >= 15 is 0 Å². The van der Waals surface area contributed by atoms with Crippen molar-refractivity contribution in [2.75, 3.05) is 6.61 Å². The fraction of sp³-hybridized carbons (Fsp3) is 0.159. The summed E-state index contributed by atoms with van der Waals surface area (Å²) in [6.45, 7) is 5.04. The van der Waals surface area contributed by atoms with Crippen LogP contribution >= 0.6 is 0 Å². The Labute approximate surface area is 346 Å². The number of aliphatic hydroxyl groups is 1. The van der Waals surface area contributed by atoms with E-state index in [1.165, 1.54) is 44.5 Å². The second-order valence-electron chi connectivity index (χ2n) is 12.5. The first-order valence-corrected chi connectivity index (χ1v) is 16.9. The van der Waals surface area contributed by atoms with Gasteiger partial charge in [-0.15, -0.1) is 5.57 Å². The molecule has 0 aromatic heterocycles. The number of ether oxygens (including phenoxy) is 1. The second kappa shape index (κ2) is 20.4. The number of carbonyl (C=O) groups is 1. The van der Waals surface area contributed by atoms with Crippen molar-refractivity contribution in [3.63, 3.8) is 0 Å². The van der Waals surface area contributed by atoms with Gasteiger partial charge in [0.15, 0.2) is 0 Å². The molecule has 12 heteroatoms. The summed E-state index contributed by atoms with van der Waals surface area (Å²) >= 11 is 0. The Morgan fingerprint density at radius 3 is 1.36 bits per heavy atom. The number of alkyl halides is 6. The molecule has 2 radical (unpaired) electrons. The van der Waals surface area contributed by atoms with Crippen molar-refractivity contribution in [1.82, 2.24) is 0 Å². The van der Waals surface area contributed by atoms with Gasteiger partial charge in [-0.1, -0.05) is 142 Å². The molecule has 4 aromatic rings. The Hall–Kier alpha value is -4.73. The van der Waals surface area contributed by atoms with Crippen LogP contribution in [0.4, 0.5) is 26.3 Å². The Kier molecular flexibility index (Phi) is 16.7. The fourth-order valence-corrected chi connectivity index (χ4v) is 5.64. The normalized spacial score (nSPS) is 16.2. The molecule has 0 saturated heterocycles. The number of aliphatic imine (C=N–C) groups is 1.